The number of likely N-dealkylation sites (N-methyl/N-ethyl adjacent to an activating group) is 1. The smallest absolute Gasteiger partial charge is 0.260 e. The van der Waals surface area contributed by atoms with Crippen LogP contribution in [0.4, 0.5) is 4.39 Å². The van der Waals surface area contributed by atoms with E-state index in [9.17, 15) is 9.18 Å². The first-order valence-corrected chi connectivity index (χ1v) is 9.24. The second-order valence-electron chi connectivity index (χ2n) is 7.96. The molecule has 25 heavy (non-hydrogen) atoms. The largest absolute Gasteiger partial charge is 0.477 e. The summed E-state index contributed by atoms with van der Waals surface area (Å²) in [6, 6.07) is 5.66. The molecule has 1 aromatic rings. The molecular weight excluding hydrogens is 321 g/mol. The monoisotopic (exact) mass is 347 g/mol. The minimum absolute atomic E-state index is 0.00778. The average Bonchev–Trinajstić information content (AvgIpc) is 2.57. The van der Waals surface area contributed by atoms with Crippen molar-refractivity contribution in [3.05, 3.63) is 24.4 Å². The maximum atomic E-state index is 14.4. The summed E-state index contributed by atoms with van der Waals surface area (Å²) in [5.74, 6) is 0.813. The average molecular weight is 347 g/mol. The van der Waals surface area contributed by atoms with Crippen molar-refractivity contribution in [3.8, 4) is 5.88 Å². The number of rotatable bonds is 4. The fourth-order valence-electron chi connectivity index (χ4n) is 4.35. The van der Waals surface area contributed by atoms with E-state index < -0.39 is 5.67 Å². The zero-order valence-electron chi connectivity index (χ0n) is 14.8. The second-order valence-corrected chi connectivity index (χ2v) is 7.96. The van der Waals surface area contributed by atoms with Crippen molar-refractivity contribution in [2.24, 2.45) is 5.92 Å². The molecule has 5 nitrogen and oxygen atoms in total. The Kier molecular flexibility index (Phi) is 4.18. The number of nitrogens with zero attached hydrogens (tertiary/aromatic N) is 3. The van der Waals surface area contributed by atoms with E-state index in [-0.39, 0.29) is 11.4 Å². The summed E-state index contributed by atoms with van der Waals surface area (Å²) < 4.78 is 20.2. The molecule has 1 spiro atoms. The number of alkyl halides is 1. The van der Waals surface area contributed by atoms with Crippen LogP contribution in [0.25, 0.3) is 0 Å². The quantitative estimate of drug-likeness (QED) is 0.838. The third kappa shape index (κ3) is 3.01. The SMILES string of the molecule is CN1CCC(COc2ccccn2)CC12CN(C(=O)C1(F)CCC1)C2. The van der Waals surface area contributed by atoms with Crippen LogP contribution >= 0.6 is 0 Å². The maximum Gasteiger partial charge on any atom is 0.260 e. The molecule has 3 fully saturated rings. The number of carbonyl (C=O) groups is 1. The number of pyridine rings is 1. The third-order valence-electron chi connectivity index (χ3n) is 6.24. The van der Waals surface area contributed by atoms with Gasteiger partial charge in [0.1, 0.15) is 0 Å². The summed E-state index contributed by atoms with van der Waals surface area (Å²) in [7, 11) is 2.12. The van der Waals surface area contributed by atoms with Gasteiger partial charge in [-0.1, -0.05) is 6.07 Å². The van der Waals surface area contributed by atoms with Gasteiger partial charge in [0.15, 0.2) is 5.67 Å². The Bertz CT molecular complexity index is 629. The summed E-state index contributed by atoms with van der Waals surface area (Å²) in [4.78, 5) is 20.6. The highest BCUT2D eigenvalue weighted by atomic mass is 19.1. The fraction of sp³-hybridized carbons (Fsp3) is 0.684. The van der Waals surface area contributed by atoms with E-state index in [0.717, 1.165) is 25.8 Å². The number of carbonyl (C=O) groups excluding carboxylic acids is 1. The maximum absolute atomic E-state index is 14.4. The Morgan fingerprint density at radius 3 is 2.84 bits per heavy atom. The highest BCUT2D eigenvalue weighted by molar-refractivity contribution is 5.87. The number of likely N-dealkylation sites (tertiary alicyclic amines) is 2. The second kappa shape index (κ2) is 6.24. The van der Waals surface area contributed by atoms with E-state index in [4.69, 9.17) is 4.74 Å². The lowest BCUT2D eigenvalue weighted by atomic mass is 9.73. The van der Waals surface area contributed by atoms with Crippen LogP contribution < -0.4 is 4.74 Å². The molecule has 0 bridgehead atoms. The predicted octanol–water partition coefficient (Wildman–Crippen LogP) is 2.28. The molecule has 1 unspecified atom stereocenters. The van der Waals surface area contributed by atoms with Crippen molar-refractivity contribution in [2.45, 2.75) is 43.3 Å². The number of ether oxygens (including phenoxy) is 1. The fourth-order valence-corrected chi connectivity index (χ4v) is 4.35. The van der Waals surface area contributed by atoms with Gasteiger partial charge < -0.3 is 9.64 Å². The van der Waals surface area contributed by atoms with Gasteiger partial charge >= 0.3 is 0 Å². The van der Waals surface area contributed by atoms with Gasteiger partial charge in [-0.2, -0.15) is 0 Å². The van der Waals surface area contributed by atoms with Gasteiger partial charge in [-0.25, -0.2) is 9.37 Å². The van der Waals surface area contributed by atoms with Crippen molar-refractivity contribution < 1.29 is 13.9 Å². The molecule has 0 N–H and O–H groups in total. The molecule has 1 aromatic heterocycles. The topological polar surface area (TPSA) is 45.7 Å². The number of piperidine rings is 1. The van der Waals surface area contributed by atoms with Crippen LogP contribution in [-0.4, -0.2) is 65.2 Å². The number of hydrogen-bond acceptors (Lipinski definition) is 4. The summed E-state index contributed by atoms with van der Waals surface area (Å²) in [5, 5.41) is 0. The summed E-state index contributed by atoms with van der Waals surface area (Å²) in [5.41, 5.74) is -1.58. The number of amides is 1. The van der Waals surface area contributed by atoms with E-state index in [2.05, 4.69) is 16.9 Å². The summed E-state index contributed by atoms with van der Waals surface area (Å²) in [6.45, 7) is 2.93. The zero-order chi connectivity index (χ0) is 17.5. The molecule has 1 aliphatic carbocycles. The van der Waals surface area contributed by atoms with Crippen LogP contribution in [0, 0.1) is 5.92 Å². The highest BCUT2D eigenvalue weighted by Crippen LogP contribution is 2.43. The van der Waals surface area contributed by atoms with Crippen molar-refractivity contribution in [1.29, 1.82) is 0 Å². The summed E-state index contributed by atoms with van der Waals surface area (Å²) >= 11 is 0. The number of hydrogen-bond donors (Lipinski definition) is 0. The molecule has 1 atom stereocenters. The Balaban J connectivity index is 1.33. The molecule has 0 aromatic carbocycles. The lowest BCUT2D eigenvalue weighted by Gasteiger charge is -2.59. The van der Waals surface area contributed by atoms with Crippen molar-refractivity contribution in [3.63, 3.8) is 0 Å². The molecular formula is C19H26FN3O2. The van der Waals surface area contributed by atoms with Crippen LogP contribution in [0.1, 0.15) is 32.1 Å². The Morgan fingerprint density at radius 2 is 2.20 bits per heavy atom. The zero-order valence-corrected chi connectivity index (χ0v) is 14.8. The minimum atomic E-state index is -1.57. The normalized spacial score (nSPS) is 27.4. The minimum Gasteiger partial charge on any atom is -0.477 e. The van der Waals surface area contributed by atoms with Crippen LogP contribution in [0.2, 0.25) is 0 Å². The van der Waals surface area contributed by atoms with Gasteiger partial charge in [0, 0.05) is 25.4 Å². The Morgan fingerprint density at radius 1 is 1.40 bits per heavy atom. The lowest BCUT2D eigenvalue weighted by molar-refractivity contribution is -0.168. The first kappa shape index (κ1) is 16.8. The van der Waals surface area contributed by atoms with Crippen molar-refractivity contribution in [1.82, 2.24) is 14.8 Å². The first-order chi connectivity index (χ1) is 12.0. The van der Waals surface area contributed by atoms with Crippen LogP contribution in [0.3, 0.4) is 0 Å². The van der Waals surface area contributed by atoms with Crippen LogP contribution in [0.15, 0.2) is 24.4 Å². The van der Waals surface area contributed by atoms with Gasteiger partial charge in [-0.05, 0) is 57.7 Å². The van der Waals surface area contributed by atoms with Crippen LogP contribution in [0.5, 0.6) is 5.88 Å². The number of halogens is 1. The molecule has 4 rings (SSSR count). The van der Waals surface area contributed by atoms with E-state index in [1.807, 2.05) is 18.2 Å². The van der Waals surface area contributed by atoms with Gasteiger partial charge in [-0.15, -0.1) is 0 Å². The van der Waals surface area contributed by atoms with E-state index >= 15 is 0 Å². The molecule has 2 aliphatic heterocycles. The van der Waals surface area contributed by atoms with Crippen LogP contribution in [-0.2, 0) is 4.79 Å². The number of aromatic nitrogens is 1. The molecule has 3 heterocycles. The molecule has 1 amide bonds. The standard InChI is InChI=1S/C19H26FN3O2/c1-22-10-6-15(12-25-16-5-2-3-9-21-16)11-18(22)13-23(14-18)17(24)19(20)7-4-8-19/h2-3,5,9,15H,4,6-8,10-14H2,1H3. The van der Waals surface area contributed by atoms with E-state index in [1.54, 1.807) is 11.1 Å². The lowest BCUT2D eigenvalue weighted by Crippen LogP contribution is -2.74. The summed E-state index contributed by atoms with van der Waals surface area (Å²) in [6.07, 6.45) is 5.41. The highest BCUT2D eigenvalue weighted by Gasteiger charge is 2.56. The molecule has 1 saturated carbocycles. The first-order valence-electron chi connectivity index (χ1n) is 9.24. The molecule has 2 saturated heterocycles. The van der Waals surface area contributed by atoms with E-state index in [1.165, 1.54) is 0 Å². The Hall–Kier alpha value is -1.69. The van der Waals surface area contributed by atoms with Crippen molar-refractivity contribution in [2.75, 3.05) is 33.3 Å². The predicted molar refractivity (Wildman–Crippen MR) is 92.1 cm³/mol. The Labute approximate surface area is 148 Å². The molecule has 6 heteroatoms. The van der Waals surface area contributed by atoms with Gasteiger partial charge in [-0.3, -0.25) is 9.69 Å². The van der Waals surface area contributed by atoms with Gasteiger partial charge in [0.2, 0.25) is 5.88 Å². The van der Waals surface area contributed by atoms with Gasteiger partial charge in [0.25, 0.3) is 5.91 Å². The van der Waals surface area contributed by atoms with Gasteiger partial charge in [0.05, 0.1) is 12.1 Å². The van der Waals surface area contributed by atoms with E-state index in [0.29, 0.717) is 44.3 Å². The molecule has 0 radical (unpaired) electrons. The molecule has 3 aliphatic rings. The molecule has 136 valence electrons. The third-order valence-corrected chi connectivity index (χ3v) is 6.24. The van der Waals surface area contributed by atoms with Crippen molar-refractivity contribution >= 4 is 5.91 Å².